The summed E-state index contributed by atoms with van der Waals surface area (Å²) in [5, 5.41) is 0. The summed E-state index contributed by atoms with van der Waals surface area (Å²) in [5.41, 5.74) is 0. The lowest BCUT2D eigenvalue weighted by Gasteiger charge is -2.29. The molecule has 0 radical (unpaired) electrons. The van der Waals surface area contributed by atoms with Crippen molar-refractivity contribution in [1.82, 2.24) is 0 Å². The molecule has 0 amide bonds. The van der Waals surface area contributed by atoms with E-state index in [4.69, 9.17) is 0 Å². The molecule has 0 heterocycles. The van der Waals surface area contributed by atoms with Gasteiger partial charge in [0.05, 0.1) is 5.92 Å². The van der Waals surface area contributed by atoms with Crippen molar-refractivity contribution >= 4 is 0 Å². The molecule has 0 fully saturated rings. The average molecular weight is 250 g/mol. The van der Waals surface area contributed by atoms with Crippen molar-refractivity contribution in [1.29, 1.82) is 0 Å². The molecule has 0 aliphatic rings. The van der Waals surface area contributed by atoms with Crippen LogP contribution in [0.5, 0.6) is 0 Å². The van der Waals surface area contributed by atoms with Crippen LogP contribution in [-0.4, -0.2) is 12.4 Å². The Kier molecular flexibility index (Phi) is 5.14. The number of hydrogen-bond donors (Lipinski definition) is 0. The molecule has 0 N–H and O–H groups in total. The first-order chi connectivity index (χ1) is 6.95. The fraction of sp³-hybridized carbons (Fsp3) is 1.00. The van der Waals surface area contributed by atoms with Gasteiger partial charge < -0.3 is 0 Å². The quantitative estimate of drug-likeness (QED) is 0.629. The van der Waals surface area contributed by atoms with Gasteiger partial charge in [-0.05, 0) is 18.3 Å². The Balaban J connectivity index is 4.47. The Bertz CT molecular complexity index is 202. The maximum atomic E-state index is 12.6. The van der Waals surface area contributed by atoms with Crippen molar-refractivity contribution in [3.8, 4) is 0 Å². The Morgan fingerprint density at radius 2 is 1.31 bits per heavy atom. The van der Waals surface area contributed by atoms with E-state index in [0.29, 0.717) is 0 Å². The summed E-state index contributed by atoms with van der Waals surface area (Å²) >= 11 is 0. The molecule has 0 aromatic carbocycles. The number of alkyl halides is 6. The fourth-order valence-corrected chi connectivity index (χ4v) is 1.93. The first-order valence-electron chi connectivity index (χ1n) is 5.08. The lowest BCUT2D eigenvalue weighted by Crippen LogP contribution is -2.33. The summed E-state index contributed by atoms with van der Waals surface area (Å²) in [5.74, 6) is -3.39. The van der Waals surface area contributed by atoms with Crippen LogP contribution >= 0.6 is 0 Å². The molecule has 98 valence electrons. The molecule has 0 aliphatic carbocycles. The predicted octanol–water partition coefficient (Wildman–Crippen LogP) is 4.80. The second-order valence-corrected chi connectivity index (χ2v) is 4.44. The molecule has 0 spiro atoms. The number of rotatable bonds is 4. The van der Waals surface area contributed by atoms with Gasteiger partial charge in [-0.2, -0.15) is 26.3 Å². The summed E-state index contributed by atoms with van der Waals surface area (Å²) in [6, 6.07) is 0. The Morgan fingerprint density at radius 3 is 1.56 bits per heavy atom. The van der Waals surface area contributed by atoms with Crippen LogP contribution in [0.3, 0.4) is 0 Å². The predicted molar refractivity (Wildman–Crippen MR) is 48.8 cm³/mol. The van der Waals surface area contributed by atoms with Crippen LogP contribution in [0.2, 0.25) is 0 Å². The van der Waals surface area contributed by atoms with Gasteiger partial charge in [-0.25, -0.2) is 0 Å². The van der Waals surface area contributed by atoms with E-state index in [1.165, 1.54) is 20.8 Å². The maximum Gasteiger partial charge on any atom is 0.392 e. The van der Waals surface area contributed by atoms with Gasteiger partial charge in [0.25, 0.3) is 0 Å². The van der Waals surface area contributed by atoms with E-state index >= 15 is 0 Å². The Labute approximate surface area is 91.0 Å². The molecule has 0 rings (SSSR count). The average Bonchev–Trinajstić information content (AvgIpc) is 1.95. The molecule has 0 aromatic rings. The second kappa shape index (κ2) is 5.27. The standard InChI is InChI=1S/C10H16F6/c1-6(2)8(10(14,15)16)7(3)4-5-9(11,12)13/h6-8H,4-5H2,1-3H3. The monoisotopic (exact) mass is 250 g/mol. The van der Waals surface area contributed by atoms with Gasteiger partial charge in [-0.1, -0.05) is 20.8 Å². The molecule has 0 saturated carbocycles. The summed E-state index contributed by atoms with van der Waals surface area (Å²) in [7, 11) is 0. The van der Waals surface area contributed by atoms with Crippen molar-refractivity contribution in [3.63, 3.8) is 0 Å². The van der Waals surface area contributed by atoms with Gasteiger partial charge in [-0.3, -0.25) is 0 Å². The fourth-order valence-electron chi connectivity index (χ4n) is 1.93. The van der Waals surface area contributed by atoms with Gasteiger partial charge in [0.15, 0.2) is 0 Å². The van der Waals surface area contributed by atoms with Gasteiger partial charge in [0.2, 0.25) is 0 Å². The zero-order valence-electron chi connectivity index (χ0n) is 9.41. The Hall–Kier alpha value is -0.420. The van der Waals surface area contributed by atoms with Crippen LogP contribution in [-0.2, 0) is 0 Å². The third-order valence-electron chi connectivity index (χ3n) is 2.59. The molecular formula is C10H16F6. The van der Waals surface area contributed by atoms with Crippen LogP contribution in [0.4, 0.5) is 26.3 Å². The van der Waals surface area contributed by atoms with Crippen molar-refractivity contribution < 1.29 is 26.3 Å². The van der Waals surface area contributed by atoms with Crippen LogP contribution < -0.4 is 0 Å². The highest BCUT2D eigenvalue weighted by Gasteiger charge is 2.45. The van der Waals surface area contributed by atoms with E-state index in [9.17, 15) is 26.3 Å². The van der Waals surface area contributed by atoms with E-state index in [1.807, 2.05) is 0 Å². The molecule has 0 aliphatic heterocycles. The zero-order chi connectivity index (χ0) is 13.1. The minimum absolute atomic E-state index is 0.480. The van der Waals surface area contributed by atoms with Crippen molar-refractivity contribution in [2.45, 2.75) is 46.0 Å². The molecule has 0 saturated heterocycles. The molecule has 2 unspecified atom stereocenters. The van der Waals surface area contributed by atoms with E-state index in [-0.39, 0.29) is 0 Å². The molecule has 0 nitrogen and oxygen atoms in total. The van der Waals surface area contributed by atoms with Crippen molar-refractivity contribution in [2.75, 3.05) is 0 Å². The summed E-state index contributed by atoms with van der Waals surface area (Å²) < 4.78 is 73.4. The third-order valence-corrected chi connectivity index (χ3v) is 2.59. The lowest BCUT2D eigenvalue weighted by molar-refractivity contribution is -0.204. The molecule has 16 heavy (non-hydrogen) atoms. The molecule has 0 aromatic heterocycles. The number of hydrogen-bond acceptors (Lipinski definition) is 0. The molecule has 0 bridgehead atoms. The zero-order valence-corrected chi connectivity index (χ0v) is 9.41. The minimum atomic E-state index is -4.43. The van der Waals surface area contributed by atoms with E-state index in [0.717, 1.165) is 0 Å². The van der Waals surface area contributed by atoms with Crippen LogP contribution in [0, 0.1) is 17.8 Å². The first-order valence-corrected chi connectivity index (χ1v) is 5.08. The smallest absolute Gasteiger partial charge is 0.171 e. The highest BCUT2D eigenvalue weighted by Crippen LogP contribution is 2.40. The SMILES string of the molecule is CC(C)C(C(C)CCC(F)(F)F)C(F)(F)F. The van der Waals surface area contributed by atoms with Gasteiger partial charge in [-0.15, -0.1) is 0 Å². The van der Waals surface area contributed by atoms with Crippen LogP contribution in [0.1, 0.15) is 33.6 Å². The number of halogens is 6. The Morgan fingerprint density at radius 1 is 0.875 bits per heavy atom. The van der Waals surface area contributed by atoms with Gasteiger partial charge in [0, 0.05) is 6.42 Å². The normalized spacial score (nSPS) is 17.6. The largest absolute Gasteiger partial charge is 0.392 e. The van der Waals surface area contributed by atoms with Crippen molar-refractivity contribution in [2.24, 2.45) is 17.8 Å². The second-order valence-electron chi connectivity index (χ2n) is 4.44. The third kappa shape index (κ3) is 5.61. The summed E-state index contributed by atoms with van der Waals surface area (Å²) in [6.45, 7) is 3.98. The van der Waals surface area contributed by atoms with Crippen LogP contribution in [0.25, 0.3) is 0 Å². The first kappa shape index (κ1) is 15.6. The minimum Gasteiger partial charge on any atom is -0.171 e. The van der Waals surface area contributed by atoms with Crippen molar-refractivity contribution in [3.05, 3.63) is 0 Å². The topological polar surface area (TPSA) is 0 Å². The summed E-state index contributed by atoms with van der Waals surface area (Å²) in [4.78, 5) is 0. The molecule has 2 atom stereocenters. The van der Waals surface area contributed by atoms with Crippen LogP contribution in [0.15, 0.2) is 0 Å². The lowest BCUT2D eigenvalue weighted by atomic mass is 9.81. The molecule has 6 heteroatoms. The highest BCUT2D eigenvalue weighted by molar-refractivity contribution is 4.77. The van der Waals surface area contributed by atoms with E-state index in [1.54, 1.807) is 0 Å². The maximum absolute atomic E-state index is 12.6. The molecular weight excluding hydrogens is 234 g/mol. The van der Waals surface area contributed by atoms with E-state index in [2.05, 4.69) is 0 Å². The van der Waals surface area contributed by atoms with Gasteiger partial charge >= 0.3 is 12.4 Å². The highest BCUT2D eigenvalue weighted by atomic mass is 19.4. The van der Waals surface area contributed by atoms with Gasteiger partial charge in [0.1, 0.15) is 0 Å². The summed E-state index contributed by atoms with van der Waals surface area (Å²) in [6.07, 6.45) is -10.5. The van der Waals surface area contributed by atoms with E-state index < -0.39 is 42.9 Å².